The Kier molecular flexibility index (Phi) is 9.61. The van der Waals surface area contributed by atoms with Gasteiger partial charge in [-0.05, 0) is 113 Å². The molecular formula is C53H50N4O. The molecule has 6 aromatic carbocycles. The molecule has 0 saturated heterocycles. The molecule has 0 spiro atoms. The van der Waals surface area contributed by atoms with E-state index in [1.807, 2.05) is 12.3 Å². The first kappa shape index (κ1) is 37.0. The highest BCUT2D eigenvalue weighted by atomic mass is 16.5. The van der Waals surface area contributed by atoms with Crippen molar-refractivity contribution in [2.75, 3.05) is 16.5 Å². The van der Waals surface area contributed by atoms with Crippen LogP contribution in [0.5, 0.6) is 11.5 Å². The molecule has 5 heteroatoms. The number of para-hydroxylation sites is 1. The highest BCUT2D eigenvalue weighted by Crippen LogP contribution is 2.43. The summed E-state index contributed by atoms with van der Waals surface area (Å²) in [5.74, 6) is 3.04. The number of aryl methyl sites for hydroxylation is 1. The molecule has 1 aliphatic heterocycles. The minimum Gasteiger partial charge on any atom is -0.457 e. The first-order valence-corrected chi connectivity index (χ1v) is 20.4. The number of hydrogen-bond donors (Lipinski definition) is 0. The van der Waals surface area contributed by atoms with Crippen molar-refractivity contribution in [3.8, 4) is 39.6 Å². The number of hydrogen-bond acceptors (Lipinski definition) is 4. The van der Waals surface area contributed by atoms with Gasteiger partial charge in [0, 0.05) is 52.9 Å². The van der Waals surface area contributed by atoms with Crippen molar-refractivity contribution in [2.45, 2.75) is 53.4 Å². The molecule has 0 radical (unpaired) electrons. The first-order valence-electron chi connectivity index (χ1n) is 20.4. The van der Waals surface area contributed by atoms with Gasteiger partial charge in [-0.3, -0.25) is 4.57 Å². The van der Waals surface area contributed by atoms with Crippen molar-refractivity contribution in [1.29, 1.82) is 0 Å². The van der Waals surface area contributed by atoms with Crippen molar-refractivity contribution in [3.63, 3.8) is 0 Å². The van der Waals surface area contributed by atoms with E-state index in [1.54, 1.807) is 0 Å². The topological polar surface area (TPSA) is 33.5 Å². The van der Waals surface area contributed by atoms with Gasteiger partial charge < -0.3 is 14.5 Å². The standard InChI is InChI=1S/C53H50N4O/c1-36(2)28-38-14-12-17-41(31-38)55-26-27-56(35-55)42-18-13-19-43(33-42)58-44-22-23-46-45-20-10-11-21-49(45)57(50(46)34-44)51-32-40(24-25-54-51)52-47(39-15-8-7-9-16-39)29-37(3)30-48(52)53(4,5)6/h7-27,29-34,36H,28,35H2,1-6H3. The molecule has 0 bridgehead atoms. The Hall–Kier alpha value is -6.59. The van der Waals surface area contributed by atoms with Gasteiger partial charge in [-0.15, -0.1) is 0 Å². The van der Waals surface area contributed by atoms with Gasteiger partial charge in [0.2, 0.25) is 0 Å². The molecule has 9 rings (SSSR count). The Labute approximate surface area is 342 Å². The summed E-state index contributed by atoms with van der Waals surface area (Å²) in [6, 6.07) is 52.0. The molecule has 0 fully saturated rings. The SMILES string of the molecule is Cc1cc(-c2ccccc2)c(-c2ccnc(-n3c4ccccc4c4ccc(Oc5cccc(N6C=CN(c7cccc(CC(C)C)c7)C6)c5)cc43)c2)c(C(C)(C)C)c1. The molecule has 1 aliphatic rings. The molecule has 0 saturated carbocycles. The molecule has 0 N–H and O–H groups in total. The van der Waals surface area contributed by atoms with E-state index in [9.17, 15) is 0 Å². The number of pyridine rings is 1. The molecular weight excluding hydrogens is 709 g/mol. The lowest BCUT2D eigenvalue weighted by molar-refractivity contribution is 0.483. The van der Waals surface area contributed by atoms with Crippen molar-refractivity contribution < 1.29 is 4.74 Å². The van der Waals surface area contributed by atoms with Gasteiger partial charge in [-0.25, -0.2) is 4.98 Å². The van der Waals surface area contributed by atoms with E-state index in [2.05, 4.69) is 208 Å². The molecule has 0 unspecified atom stereocenters. The highest BCUT2D eigenvalue weighted by Gasteiger charge is 2.24. The third-order valence-electron chi connectivity index (χ3n) is 11.1. The fraction of sp³-hybridized carbons (Fsp3) is 0.189. The molecule has 0 amide bonds. The van der Waals surface area contributed by atoms with Gasteiger partial charge in [0.1, 0.15) is 17.3 Å². The predicted molar refractivity (Wildman–Crippen MR) is 243 cm³/mol. The van der Waals surface area contributed by atoms with E-state index in [-0.39, 0.29) is 5.41 Å². The van der Waals surface area contributed by atoms with Crippen molar-refractivity contribution in [2.24, 2.45) is 5.92 Å². The lowest BCUT2D eigenvalue weighted by atomic mass is 9.78. The summed E-state index contributed by atoms with van der Waals surface area (Å²) in [5.41, 5.74) is 13.1. The van der Waals surface area contributed by atoms with Crippen LogP contribution in [0.25, 0.3) is 49.9 Å². The van der Waals surface area contributed by atoms with Crippen LogP contribution < -0.4 is 14.5 Å². The Morgan fingerprint density at radius 3 is 2.12 bits per heavy atom. The molecule has 58 heavy (non-hydrogen) atoms. The fourth-order valence-corrected chi connectivity index (χ4v) is 8.44. The molecule has 8 aromatic rings. The predicted octanol–water partition coefficient (Wildman–Crippen LogP) is 13.9. The van der Waals surface area contributed by atoms with Crippen LogP contribution in [0.4, 0.5) is 11.4 Å². The summed E-state index contributed by atoms with van der Waals surface area (Å²) in [6.07, 6.45) is 7.33. The van der Waals surface area contributed by atoms with Crippen molar-refractivity contribution in [1.82, 2.24) is 9.55 Å². The van der Waals surface area contributed by atoms with Crippen LogP contribution in [0, 0.1) is 12.8 Å². The maximum Gasteiger partial charge on any atom is 0.138 e. The summed E-state index contributed by atoms with van der Waals surface area (Å²) in [6.45, 7) is 14.4. The van der Waals surface area contributed by atoms with E-state index < -0.39 is 0 Å². The number of benzene rings is 6. The number of anilines is 2. The molecule has 5 nitrogen and oxygen atoms in total. The van der Waals surface area contributed by atoms with Crippen LogP contribution in [0.1, 0.15) is 51.3 Å². The van der Waals surface area contributed by atoms with E-state index in [0.717, 1.165) is 58.1 Å². The highest BCUT2D eigenvalue weighted by molar-refractivity contribution is 6.09. The van der Waals surface area contributed by atoms with Crippen LogP contribution in [0.3, 0.4) is 0 Å². The average Bonchev–Trinajstić information content (AvgIpc) is 3.84. The van der Waals surface area contributed by atoms with Crippen LogP contribution in [-0.2, 0) is 11.8 Å². The summed E-state index contributed by atoms with van der Waals surface area (Å²) in [4.78, 5) is 9.58. The molecule has 0 atom stereocenters. The van der Waals surface area contributed by atoms with Gasteiger partial charge in [-0.1, -0.05) is 119 Å². The Morgan fingerprint density at radius 2 is 1.34 bits per heavy atom. The summed E-state index contributed by atoms with van der Waals surface area (Å²) >= 11 is 0. The van der Waals surface area contributed by atoms with Gasteiger partial charge in [0.15, 0.2) is 0 Å². The summed E-state index contributed by atoms with van der Waals surface area (Å²) in [7, 11) is 0. The molecule has 288 valence electrons. The average molecular weight is 759 g/mol. The zero-order chi connectivity index (χ0) is 40.0. The van der Waals surface area contributed by atoms with E-state index in [1.165, 1.54) is 44.5 Å². The van der Waals surface area contributed by atoms with Gasteiger partial charge in [0.25, 0.3) is 0 Å². The Balaban J connectivity index is 1.07. The second-order valence-corrected chi connectivity index (χ2v) is 17.0. The summed E-state index contributed by atoms with van der Waals surface area (Å²) < 4.78 is 8.94. The van der Waals surface area contributed by atoms with Crippen LogP contribution >= 0.6 is 0 Å². The van der Waals surface area contributed by atoms with E-state index in [0.29, 0.717) is 5.92 Å². The number of rotatable bonds is 9. The Bertz CT molecular complexity index is 2810. The zero-order valence-corrected chi connectivity index (χ0v) is 34.3. The minimum atomic E-state index is -0.0751. The van der Waals surface area contributed by atoms with Crippen LogP contribution in [0.2, 0.25) is 0 Å². The van der Waals surface area contributed by atoms with Gasteiger partial charge in [-0.2, -0.15) is 0 Å². The summed E-state index contributed by atoms with van der Waals surface area (Å²) in [5, 5.41) is 2.33. The number of fused-ring (bicyclic) bond motifs is 3. The molecule has 2 aromatic heterocycles. The van der Waals surface area contributed by atoms with Crippen molar-refractivity contribution in [3.05, 3.63) is 181 Å². The van der Waals surface area contributed by atoms with E-state index >= 15 is 0 Å². The Morgan fingerprint density at radius 1 is 0.638 bits per heavy atom. The lowest BCUT2D eigenvalue weighted by Gasteiger charge is -2.27. The van der Waals surface area contributed by atoms with Crippen LogP contribution in [0.15, 0.2) is 164 Å². The largest absolute Gasteiger partial charge is 0.457 e. The minimum absolute atomic E-state index is 0.0751. The fourth-order valence-electron chi connectivity index (χ4n) is 8.44. The normalized spacial score (nSPS) is 13.0. The van der Waals surface area contributed by atoms with Gasteiger partial charge in [0.05, 0.1) is 17.7 Å². The first-order chi connectivity index (χ1) is 28.1. The maximum absolute atomic E-state index is 6.66. The van der Waals surface area contributed by atoms with E-state index in [4.69, 9.17) is 9.72 Å². The monoisotopic (exact) mass is 758 g/mol. The number of ether oxygens (including phenoxy) is 1. The quantitative estimate of drug-likeness (QED) is 0.147. The van der Waals surface area contributed by atoms with Gasteiger partial charge >= 0.3 is 0 Å². The zero-order valence-electron chi connectivity index (χ0n) is 34.3. The van der Waals surface area contributed by atoms with Crippen LogP contribution in [-0.4, -0.2) is 16.2 Å². The lowest BCUT2D eigenvalue weighted by Crippen LogP contribution is -2.24. The molecule has 0 aliphatic carbocycles. The second-order valence-electron chi connectivity index (χ2n) is 17.0. The van der Waals surface area contributed by atoms with Crippen molar-refractivity contribution >= 4 is 33.2 Å². The number of aromatic nitrogens is 2. The smallest absolute Gasteiger partial charge is 0.138 e. The number of nitrogens with zero attached hydrogens (tertiary/aromatic N) is 4. The maximum atomic E-state index is 6.66. The third-order valence-corrected chi connectivity index (χ3v) is 11.1. The second kappa shape index (κ2) is 15.1. The molecule has 3 heterocycles. The third kappa shape index (κ3) is 7.25.